The molecule has 0 atom stereocenters. The highest BCUT2D eigenvalue weighted by Crippen LogP contribution is 2.25. The highest BCUT2D eigenvalue weighted by molar-refractivity contribution is 7.92. The van der Waals surface area contributed by atoms with Crippen molar-refractivity contribution in [1.82, 2.24) is 5.43 Å². The molecule has 0 aliphatic rings. The first-order chi connectivity index (χ1) is 14.5. The number of hydrogen-bond donors (Lipinski definition) is 1. The summed E-state index contributed by atoms with van der Waals surface area (Å²) in [6, 6.07) is 18.2. The molecule has 1 aromatic heterocycles. The van der Waals surface area contributed by atoms with Crippen LogP contribution in [0.5, 0.6) is 5.75 Å². The molecule has 30 heavy (non-hydrogen) atoms. The van der Waals surface area contributed by atoms with E-state index in [2.05, 4.69) is 10.5 Å². The minimum absolute atomic E-state index is 0.0915. The van der Waals surface area contributed by atoms with E-state index in [0.717, 1.165) is 9.18 Å². The van der Waals surface area contributed by atoms with Gasteiger partial charge in [0.25, 0.3) is 15.9 Å². The van der Waals surface area contributed by atoms with Crippen LogP contribution in [0.3, 0.4) is 0 Å². The van der Waals surface area contributed by atoms with Gasteiger partial charge in [0.1, 0.15) is 12.3 Å². The number of ether oxygens (including phenoxy) is 1. The number of nitrogens with one attached hydrogen (secondary N) is 1. The maximum atomic E-state index is 13.2. The summed E-state index contributed by atoms with van der Waals surface area (Å²) in [5.41, 5.74) is 2.73. The molecule has 0 bridgehead atoms. The largest absolute Gasteiger partial charge is 0.494 e. The number of hydrazone groups is 1. The van der Waals surface area contributed by atoms with Gasteiger partial charge in [0.15, 0.2) is 0 Å². The second-order valence-electron chi connectivity index (χ2n) is 6.06. The number of sulfonamides is 1. The molecule has 0 saturated heterocycles. The fourth-order valence-electron chi connectivity index (χ4n) is 2.61. The van der Waals surface area contributed by atoms with Gasteiger partial charge in [0, 0.05) is 4.88 Å². The third-order valence-corrected chi connectivity index (χ3v) is 6.57. The SMILES string of the molecule is CCOc1ccc(N(CC(=O)N/N=C\c2cccs2)S(=O)(=O)c2ccccc2)cc1. The molecule has 0 fully saturated rings. The molecule has 9 heteroatoms. The molecule has 0 aliphatic carbocycles. The average molecular weight is 444 g/mol. The predicted octanol–water partition coefficient (Wildman–Crippen LogP) is 3.49. The van der Waals surface area contributed by atoms with Crippen molar-refractivity contribution in [3.05, 3.63) is 77.0 Å². The van der Waals surface area contributed by atoms with Crippen molar-refractivity contribution in [2.75, 3.05) is 17.5 Å². The van der Waals surface area contributed by atoms with E-state index in [1.807, 2.05) is 24.4 Å². The van der Waals surface area contributed by atoms with Crippen LogP contribution in [0.2, 0.25) is 0 Å². The van der Waals surface area contributed by atoms with Crippen LogP contribution in [0, 0.1) is 0 Å². The normalized spacial score (nSPS) is 11.4. The third kappa shape index (κ3) is 5.46. The number of benzene rings is 2. The lowest BCUT2D eigenvalue weighted by Crippen LogP contribution is -2.39. The molecular formula is C21H21N3O4S2. The van der Waals surface area contributed by atoms with E-state index in [0.29, 0.717) is 18.0 Å². The van der Waals surface area contributed by atoms with Gasteiger partial charge in [-0.1, -0.05) is 24.3 Å². The monoisotopic (exact) mass is 443 g/mol. The molecule has 3 rings (SSSR count). The number of carbonyl (C=O) groups excluding carboxylic acids is 1. The van der Waals surface area contributed by atoms with Gasteiger partial charge in [-0.2, -0.15) is 5.10 Å². The Morgan fingerprint density at radius 3 is 2.47 bits per heavy atom. The summed E-state index contributed by atoms with van der Waals surface area (Å²) >= 11 is 1.47. The Labute approximate surface area is 179 Å². The lowest BCUT2D eigenvalue weighted by Gasteiger charge is -2.23. The summed E-state index contributed by atoms with van der Waals surface area (Å²) in [6.07, 6.45) is 1.51. The van der Waals surface area contributed by atoms with Crippen LogP contribution in [0.1, 0.15) is 11.8 Å². The summed E-state index contributed by atoms with van der Waals surface area (Å²) in [7, 11) is -3.96. The molecule has 0 saturated carbocycles. The predicted molar refractivity (Wildman–Crippen MR) is 119 cm³/mol. The average Bonchev–Trinajstić information content (AvgIpc) is 3.27. The van der Waals surface area contributed by atoms with Crippen LogP contribution in [0.4, 0.5) is 5.69 Å². The van der Waals surface area contributed by atoms with Crippen molar-refractivity contribution in [2.24, 2.45) is 5.10 Å². The molecule has 1 amide bonds. The molecular weight excluding hydrogens is 422 g/mol. The summed E-state index contributed by atoms with van der Waals surface area (Å²) < 4.78 is 32.9. The Balaban J connectivity index is 1.84. The first-order valence-electron chi connectivity index (χ1n) is 9.17. The van der Waals surface area contributed by atoms with Crippen LogP contribution >= 0.6 is 11.3 Å². The van der Waals surface area contributed by atoms with Crippen molar-refractivity contribution in [1.29, 1.82) is 0 Å². The minimum atomic E-state index is -3.96. The molecule has 0 aliphatic heterocycles. The summed E-state index contributed by atoms with van der Waals surface area (Å²) in [5, 5.41) is 5.79. The number of anilines is 1. The second kappa shape index (κ2) is 10.0. The first-order valence-corrected chi connectivity index (χ1v) is 11.5. The van der Waals surface area contributed by atoms with E-state index in [-0.39, 0.29) is 4.90 Å². The summed E-state index contributed by atoms with van der Waals surface area (Å²) in [5.74, 6) is 0.0551. The third-order valence-electron chi connectivity index (χ3n) is 3.98. The molecule has 0 radical (unpaired) electrons. The van der Waals surface area contributed by atoms with Crippen LogP contribution in [0.15, 0.2) is 82.1 Å². The standard InChI is InChI=1S/C21H21N3O4S2/c1-2-28-18-12-10-17(11-13-18)24(30(26,27)20-8-4-3-5-9-20)16-21(25)23-22-15-19-7-6-14-29-19/h3-15H,2,16H2,1H3,(H,23,25)/b22-15-. The van der Waals surface area contributed by atoms with Gasteiger partial charge >= 0.3 is 0 Å². The van der Waals surface area contributed by atoms with Crippen LogP contribution in [0.25, 0.3) is 0 Å². The highest BCUT2D eigenvalue weighted by atomic mass is 32.2. The Morgan fingerprint density at radius 2 is 1.83 bits per heavy atom. The zero-order chi connectivity index (χ0) is 21.4. The van der Waals surface area contributed by atoms with Crippen LogP contribution in [-0.2, 0) is 14.8 Å². The molecule has 7 nitrogen and oxygen atoms in total. The molecule has 1 heterocycles. The number of thiophene rings is 1. The van der Waals surface area contributed by atoms with E-state index < -0.39 is 22.5 Å². The van der Waals surface area contributed by atoms with Gasteiger partial charge in [-0.15, -0.1) is 11.3 Å². The van der Waals surface area contributed by atoms with Crippen molar-refractivity contribution in [3.8, 4) is 5.75 Å². The van der Waals surface area contributed by atoms with E-state index in [1.54, 1.807) is 42.5 Å². The Hall–Kier alpha value is -3.17. The van der Waals surface area contributed by atoms with E-state index in [9.17, 15) is 13.2 Å². The fourth-order valence-corrected chi connectivity index (χ4v) is 4.64. The van der Waals surface area contributed by atoms with Crippen molar-refractivity contribution in [2.45, 2.75) is 11.8 Å². The van der Waals surface area contributed by atoms with Gasteiger partial charge in [-0.3, -0.25) is 9.10 Å². The number of nitrogens with zero attached hydrogens (tertiary/aromatic N) is 2. The molecule has 0 spiro atoms. The Bertz CT molecular complexity index is 1080. The quantitative estimate of drug-likeness (QED) is 0.405. The molecule has 156 valence electrons. The van der Waals surface area contributed by atoms with Crippen molar-refractivity contribution < 1.29 is 17.9 Å². The highest BCUT2D eigenvalue weighted by Gasteiger charge is 2.27. The van der Waals surface area contributed by atoms with Crippen molar-refractivity contribution >= 4 is 39.2 Å². The maximum absolute atomic E-state index is 13.2. The van der Waals surface area contributed by atoms with E-state index in [1.165, 1.54) is 29.7 Å². The van der Waals surface area contributed by atoms with Gasteiger partial charge < -0.3 is 4.74 Å². The molecule has 3 aromatic rings. The van der Waals surface area contributed by atoms with Gasteiger partial charge in [-0.05, 0) is 54.8 Å². The first kappa shape index (κ1) is 21.5. The Morgan fingerprint density at radius 1 is 1.10 bits per heavy atom. The zero-order valence-electron chi connectivity index (χ0n) is 16.3. The van der Waals surface area contributed by atoms with Crippen LogP contribution < -0.4 is 14.5 Å². The minimum Gasteiger partial charge on any atom is -0.494 e. The lowest BCUT2D eigenvalue weighted by atomic mass is 10.3. The van der Waals surface area contributed by atoms with E-state index >= 15 is 0 Å². The molecule has 1 N–H and O–H groups in total. The second-order valence-corrected chi connectivity index (χ2v) is 8.90. The number of carbonyl (C=O) groups is 1. The topological polar surface area (TPSA) is 88.1 Å². The van der Waals surface area contributed by atoms with Crippen molar-refractivity contribution in [3.63, 3.8) is 0 Å². The number of rotatable bonds is 9. The maximum Gasteiger partial charge on any atom is 0.264 e. The van der Waals surface area contributed by atoms with Gasteiger partial charge in [0.05, 0.1) is 23.4 Å². The fraction of sp³-hybridized carbons (Fsp3) is 0.143. The summed E-state index contributed by atoms with van der Waals surface area (Å²) in [4.78, 5) is 13.4. The summed E-state index contributed by atoms with van der Waals surface area (Å²) in [6.45, 7) is 1.93. The zero-order valence-corrected chi connectivity index (χ0v) is 17.9. The number of amides is 1. The van der Waals surface area contributed by atoms with Gasteiger partial charge in [0.2, 0.25) is 0 Å². The lowest BCUT2D eigenvalue weighted by molar-refractivity contribution is -0.119. The van der Waals surface area contributed by atoms with Crippen LogP contribution in [-0.4, -0.2) is 33.7 Å². The Kier molecular flexibility index (Phi) is 7.21. The number of hydrogen-bond acceptors (Lipinski definition) is 6. The smallest absolute Gasteiger partial charge is 0.264 e. The molecule has 0 unspecified atom stereocenters. The van der Waals surface area contributed by atoms with Gasteiger partial charge in [-0.25, -0.2) is 13.8 Å². The van der Waals surface area contributed by atoms with E-state index in [4.69, 9.17) is 4.74 Å². The molecule has 2 aromatic carbocycles.